The van der Waals surface area contributed by atoms with Crippen LogP contribution in [0.4, 0.5) is 0 Å². The SMILES string of the molecule is Cc1ccc2nc3n(c2c1)C(C)(c1ccc(C(C)(C)C)cc1)c1ccccc1-3. The maximum absolute atomic E-state index is 5.02. The monoisotopic (exact) mass is 366 g/mol. The lowest BCUT2D eigenvalue weighted by atomic mass is 9.81. The van der Waals surface area contributed by atoms with Gasteiger partial charge >= 0.3 is 0 Å². The van der Waals surface area contributed by atoms with E-state index >= 15 is 0 Å². The summed E-state index contributed by atoms with van der Waals surface area (Å²) in [5.74, 6) is 1.07. The maximum Gasteiger partial charge on any atom is 0.142 e. The number of fused-ring (bicyclic) bond motifs is 5. The second-order valence-corrected chi connectivity index (χ2v) is 9.21. The van der Waals surface area contributed by atoms with Crippen molar-refractivity contribution in [3.63, 3.8) is 0 Å². The highest BCUT2D eigenvalue weighted by Crippen LogP contribution is 2.49. The van der Waals surface area contributed by atoms with Gasteiger partial charge in [0.25, 0.3) is 0 Å². The van der Waals surface area contributed by atoms with Gasteiger partial charge in [-0.25, -0.2) is 4.98 Å². The molecule has 0 N–H and O–H groups in total. The Morgan fingerprint density at radius 3 is 2.32 bits per heavy atom. The number of nitrogens with zero attached hydrogens (tertiary/aromatic N) is 2. The van der Waals surface area contributed by atoms with Crippen LogP contribution in [0.2, 0.25) is 0 Å². The molecule has 1 aliphatic rings. The number of hydrogen-bond donors (Lipinski definition) is 0. The highest BCUT2D eigenvalue weighted by atomic mass is 15.2. The summed E-state index contributed by atoms with van der Waals surface area (Å²) in [6.07, 6.45) is 0. The van der Waals surface area contributed by atoms with Crippen LogP contribution in [0.25, 0.3) is 22.4 Å². The van der Waals surface area contributed by atoms with E-state index in [1.807, 2.05) is 0 Å². The van der Waals surface area contributed by atoms with E-state index < -0.39 is 0 Å². The van der Waals surface area contributed by atoms with Crippen LogP contribution in [0.1, 0.15) is 49.9 Å². The van der Waals surface area contributed by atoms with Crippen molar-refractivity contribution in [3.05, 3.63) is 89.0 Å². The number of benzene rings is 3. The molecule has 0 fully saturated rings. The lowest BCUT2D eigenvalue weighted by molar-refractivity contribution is 0.515. The predicted molar refractivity (Wildman–Crippen MR) is 117 cm³/mol. The normalized spacial score (nSPS) is 18.3. The summed E-state index contributed by atoms with van der Waals surface area (Å²) in [7, 11) is 0. The average Bonchev–Trinajstić information content (AvgIpc) is 3.16. The Kier molecular flexibility index (Phi) is 3.43. The molecule has 1 aliphatic heterocycles. The minimum atomic E-state index is -0.273. The van der Waals surface area contributed by atoms with E-state index in [0.29, 0.717) is 0 Å². The summed E-state index contributed by atoms with van der Waals surface area (Å²) in [6.45, 7) is 11.3. The average molecular weight is 367 g/mol. The van der Waals surface area contributed by atoms with Gasteiger partial charge in [0.2, 0.25) is 0 Å². The molecule has 140 valence electrons. The summed E-state index contributed by atoms with van der Waals surface area (Å²) >= 11 is 0. The maximum atomic E-state index is 5.02. The van der Waals surface area contributed by atoms with Gasteiger partial charge in [-0.3, -0.25) is 0 Å². The molecule has 2 nitrogen and oxygen atoms in total. The van der Waals surface area contributed by atoms with Gasteiger partial charge in [-0.05, 0) is 53.6 Å². The zero-order chi connectivity index (χ0) is 19.7. The first kappa shape index (κ1) is 17.2. The Bertz CT molecular complexity index is 1210. The highest BCUT2D eigenvalue weighted by Gasteiger charge is 2.42. The van der Waals surface area contributed by atoms with Crippen molar-refractivity contribution in [1.29, 1.82) is 0 Å². The molecule has 0 saturated carbocycles. The van der Waals surface area contributed by atoms with Crippen LogP contribution in [0.15, 0.2) is 66.7 Å². The topological polar surface area (TPSA) is 17.8 Å². The summed E-state index contributed by atoms with van der Waals surface area (Å²) in [4.78, 5) is 5.02. The predicted octanol–water partition coefficient (Wildman–Crippen LogP) is 6.43. The van der Waals surface area contributed by atoms with Gasteiger partial charge in [0.15, 0.2) is 0 Å². The lowest BCUT2D eigenvalue weighted by Gasteiger charge is -2.31. The Balaban J connectivity index is 1.82. The summed E-state index contributed by atoms with van der Waals surface area (Å²) in [6, 6.07) is 24.4. The van der Waals surface area contributed by atoms with E-state index in [9.17, 15) is 0 Å². The van der Waals surface area contributed by atoms with Gasteiger partial charge in [-0.15, -0.1) is 0 Å². The van der Waals surface area contributed by atoms with Gasteiger partial charge in [-0.2, -0.15) is 0 Å². The van der Waals surface area contributed by atoms with Crippen molar-refractivity contribution in [2.45, 2.75) is 45.6 Å². The van der Waals surface area contributed by atoms with E-state index in [4.69, 9.17) is 4.98 Å². The van der Waals surface area contributed by atoms with Gasteiger partial charge in [0.05, 0.1) is 16.6 Å². The molecule has 0 radical (unpaired) electrons. The van der Waals surface area contributed by atoms with E-state index in [1.54, 1.807) is 0 Å². The van der Waals surface area contributed by atoms with Crippen LogP contribution in [-0.2, 0) is 11.0 Å². The Morgan fingerprint density at radius 2 is 1.61 bits per heavy atom. The molecule has 2 heterocycles. The zero-order valence-corrected chi connectivity index (χ0v) is 17.2. The second-order valence-electron chi connectivity index (χ2n) is 9.21. The Hall–Kier alpha value is -2.87. The third-order valence-corrected chi connectivity index (χ3v) is 6.26. The van der Waals surface area contributed by atoms with E-state index in [-0.39, 0.29) is 11.0 Å². The summed E-state index contributed by atoms with van der Waals surface area (Å²) in [5.41, 5.74) is 8.62. The minimum Gasteiger partial charge on any atom is -0.310 e. The largest absolute Gasteiger partial charge is 0.310 e. The molecule has 0 aliphatic carbocycles. The van der Waals surface area contributed by atoms with Crippen LogP contribution in [0.5, 0.6) is 0 Å². The second kappa shape index (κ2) is 5.57. The molecule has 28 heavy (non-hydrogen) atoms. The molecule has 1 aromatic heterocycles. The van der Waals surface area contributed by atoms with E-state index in [1.165, 1.54) is 33.3 Å². The first-order valence-corrected chi connectivity index (χ1v) is 10.0. The smallest absolute Gasteiger partial charge is 0.142 e. The van der Waals surface area contributed by atoms with Crippen LogP contribution >= 0.6 is 0 Å². The fourth-order valence-corrected chi connectivity index (χ4v) is 4.62. The molecular formula is C26H26N2. The number of aromatic nitrogens is 2. The van der Waals surface area contributed by atoms with E-state index in [0.717, 1.165) is 11.3 Å². The first-order chi connectivity index (χ1) is 13.3. The van der Waals surface area contributed by atoms with Gasteiger partial charge in [0, 0.05) is 5.56 Å². The molecular weight excluding hydrogens is 340 g/mol. The molecule has 0 amide bonds. The van der Waals surface area contributed by atoms with Crippen molar-refractivity contribution in [1.82, 2.24) is 9.55 Å². The molecule has 2 heteroatoms. The number of aryl methyl sites for hydroxylation is 1. The van der Waals surface area contributed by atoms with Crippen LogP contribution in [0.3, 0.4) is 0 Å². The molecule has 5 rings (SSSR count). The fourth-order valence-electron chi connectivity index (χ4n) is 4.62. The molecule has 0 bridgehead atoms. The minimum absolute atomic E-state index is 0.150. The number of hydrogen-bond acceptors (Lipinski definition) is 1. The summed E-state index contributed by atoms with van der Waals surface area (Å²) < 4.78 is 2.44. The highest BCUT2D eigenvalue weighted by molar-refractivity contribution is 5.86. The standard InChI is InChI=1S/C26H26N2/c1-17-10-15-22-23(16-17)28-24(27-22)20-8-6-7-9-21(20)26(28,5)19-13-11-18(12-14-19)25(2,3)4/h6-16H,1-5H3. The third-order valence-electron chi connectivity index (χ3n) is 6.26. The van der Waals surface area contributed by atoms with Gasteiger partial charge < -0.3 is 4.57 Å². The van der Waals surface area contributed by atoms with Crippen molar-refractivity contribution >= 4 is 11.0 Å². The van der Waals surface area contributed by atoms with E-state index in [2.05, 4.69) is 106 Å². The molecule has 0 spiro atoms. The van der Waals surface area contributed by atoms with Crippen molar-refractivity contribution < 1.29 is 0 Å². The van der Waals surface area contributed by atoms with Crippen molar-refractivity contribution in [2.75, 3.05) is 0 Å². The van der Waals surface area contributed by atoms with Crippen LogP contribution in [-0.4, -0.2) is 9.55 Å². The quantitative estimate of drug-likeness (QED) is 0.379. The lowest BCUT2D eigenvalue weighted by Crippen LogP contribution is -2.29. The summed E-state index contributed by atoms with van der Waals surface area (Å²) in [5, 5.41) is 0. The van der Waals surface area contributed by atoms with Crippen molar-refractivity contribution in [2.24, 2.45) is 0 Å². The first-order valence-electron chi connectivity index (χ1n) is 10.0. The molecule has 1 unspecified atom stereocenters. The Morgan fingerprint density at radius 1 is 0.893 bits per heavy atom. The molecule has 4 aromatic rings. The number of rotatable bonds is 1. The van der Waals surface area contributed by atoms with Crippen LogP contribution in [0, 0.1) is 6.92 Å². The van der Waals surface area contributed by atoms with Gasteiger partial charge in [0.1, 0.15) is 5.82 Å². The zero-order valence-electron chi connectivity index (χ0n) is 17.2. The number of imidazole rings is 1. The molecule has 1 atom stereocenters. The van der Waals surface area contributed by atoms with Crippen LogP contribution < -0.4 is 0 Å². The molecule has 0 saturated heterocycles. The third kappa shape index (κ3) is 2.24. The van der Waals surface area contributed by atoms with Gasteiger partial charge in [-0.1, -0.05) is 75.4 Å². The Labute approximate surface area is 166 Å². The fraction of sp³-hybridized carbons (Fsp3) is 0.269. The molecule has 3 aromatic carbocycles. The van der Waals surface area contributed by atoms with Crippen molar-refractivity contribution in [3.8, 4) is 11.4 Å².